The van der Waals surface area contributed by atoms with E-state index in [4.69, 9.17) is 5.41 Å². The number of hydrogen-bond acceptors (Lipinski definition) is 4. The van der Waals surface area contributed by atoms with Crippen LogP contribution in [-0.4, -0.2) is 31.5 Å². The molecule has 0 saturated heterocycles. The lowest BCUT2D eigenvalue weighted by Gasteiger charge is -2.20. The fourth-order valence-electron chi connectivity index (χ4n) is 3.80. The number of hydrogen-bond donors (Lipinski definition) is 1. The number of amidine groups is 2. The van der Waals surface area contributed by atoms with Gasteiger partial charge in [-0.3, -0.25) is 10.2 Å². The summed E-state index contributed by atoms with van der Waals surface area (Å²) in [6, 6.07) is 12.4. The maximum absolute atomic E-state index is 12.7. The molecular formula is C24H27N5OS. The van der Waals surface area contributed by atoms with Crippen molar-refractivity contribution in [3.05, 3.63) is 64.5 Å². The maximum atomic E-state index is 12.7. The van der Waals surface area contributed by atoms with E-state index < -0.39 is 0 Å². The SMILES string of the molecule is CCCCCC1=NN2C(=N)/C(=C\c3cc(C)n(Cc4ccccc4)c3C)C(=O)N=C2S1. The molecule has 0 fully saturated rings. The van der Waals surface area contributed by atoms with E-state index in [0.29, 0.717) is 5.17 Å². The maximum Gasteiger partial charge on any atom is 0.283 e. The topological polar surface area (TPSA) is 73.8 Å². The van der Waals surface area contributed by atoms with E-state index >= 15 is 0 Å². The molecular weight excluding hydrogens is 406 g/mol. The summed E-state index contributed by atoms with van der Waals surface area (Å²) in [5, 5.41) is 16.1. The van der Waals surface area contributed by atoms with Gasteiger partial charge in [0.1, 0.15) is 5.04 Å². The van der Waals surface area contributed by atoms with Crippen LogP contribution in [0.1, 0.15) is 55.1 Å². The van der Waals surface area contributed by atoms with Crippen LogP contribution in [0.5, 0.6) is 0 Å². The Hall–Kier alpha value is -2.93. The summed E-state index contributed by atoms with van der Waals surface area (Å²) in [6.45, 7) is 7.04. The van der Waals surface area contributed by atoms with Gasteiger partial charge in [-0.25, -0.2) is 0 Å². The van der Waals surface area contributed by atoms with Crippen LogP contribution in [-0.2, 0) is 11.3 Å². The normalized spacial score (nSPS) is 17.3. The third-order valence-electron chi connectivity index (χ3n) is 5.59. The average molecular weight is 434 g/mol. The third-order valence-corrected chi connectivity index (χ3v) is 6.55. The van der Waals surface area contributed by atoms with Crippen LogP contribution in [0.2, 0.25) is 0 Å². The molecule has 31 heavy (non-hydrogen) atoms. The van der Waals surface area contributed by atoms with E-state index in [2.05, 4.69) is 46.7 Å². The van der Waals surface area contributed by atoms with Gasteiger partial charge >= 0.3 is 0 Å². The number of hydrazone groups is 1. The Labute approximate surface area is 187 Å². The van der Waals surface area contributed by atoms with Gasteiger partial charge in [0, 0.05) is 17.9 Å². The van der Waals surface area contributed by atoms with E-state index in [0.717, 1.165) is 54.2 Å². The van der Waals surface area contributed by atoms with Crippen molar-refractivity contribution in [3.63, 3.8) is 0 Å². The fraction of sp³-hybridized carbons (Fsp3) is 0.333. The molecule has 0 aliphatic carbocycles. The Bertz CT molecular complexity index is 1110. The van der Waals surface area contributed by atoms with Crippen LogP contribution < -0.4 is 0 Å². The van der Waals surface area contributed by atoms with Gasteiger partial charge in [-0.2, -0.15) is 15.1 Å². The quantitative estimate of drug-likeness (QED) is 0.472. The Balaban J connectivity index is 1.59. The van der Waals surface area contributed by atoms with Crippen LogP contribution in [0.15, 0.2) is 52.1 Å². The summed E-state index contributed by atoms with van der Waals surface area (Å²) in [5.41, 5.74) is 4.60. The summed E-state index contributed by atoms with van der Waals surface area (Å²) < 4.78 is 2.23. The predicted molar refractivity (Wildman–Crippen MR) is 129 cm³/mol. The minimum Gasteiger partial charge on any atom is -0.344 e. The highest BCUT2D eigenvalue weighted by molar-refractivity contribution is 8.26. The van der Waals surface area contributed by atoms with Gasteiger partial charge in [-0.05, 0) is 61.7 Å². The molecule has 1 N–H and O–H groups in total. The number of aryl methyl sites for hydroxylation is 1. The molecule has 0 radical (unpaired) electrons. The number of rotatable bonds is 7. The largest absolute Gasteiger partial charge is 0.344 e. The van der Waals surface area contributed by atoms with Crippen molar-refractivity contribution >= 4 is 39.8 Å². The number of aromatic nitrogens is 1. The van der Waals surface area contributed by atoms with Crippen LogP contribution in [0.25, 0.3) is 6.08 Å². The lowest BCUT2D eigenvalue weighted by atomic mass is 10.1. The van der Waals surface area contributed by atoms with Gasteiger partial charge < -0.3 is 4.57 Å². The van der Waals surface area contributed by atoms with Crippen molar-refractivity contribution < 1.29 is 4.79 Å². The number of fused-ring (bicyclic) bond motifs is 1. The lowest BCUT2D eigenvalue weighted by Crippen LogP contribution is -2.35. The molecule has 2 aliphatic rings. The Kier molecular flexibility index (Phi) is 6.23. The zero-order valence-corrected chi connectivity index (χ0v) is 19.0. The second kappa shape index (κ2) is 9.06. The van der Waals surface area contributed by atoms with Crippen LogP contribution >= 0.6 is 11.8 Å². The number of aliphatic imine (C=N–C) groups is 1. The second-order valence-corrected chi connectivity index (χ2v) is 8.91. The molecule has 0 unspecified atom stereocenters. The number of nitrogens with one attached hydrogen (secondary N) is 1. The molecule has 3 heterocycles. The van der Waals surface area contributed by atoms with Crippen molar-refractivity contribution in [3.8, 4) is 0 Å². The molecule has 0 spiro atoms. The van der Waals surface area contributed by atoms with E-state index in [-0.39, 0.29) is 17.3 Å². The van der Waals surface area contributed by atoms with Crippen LogP contribution in [0.4, 0.5) is 0 Å². The van der Waals surface area contributed by atoms with Gasteiger partial charge in [-0.1, -0.05) is 50.1 Å². The monoisotopic (exact) mass is 433 g/mol. The first-order valence-electron chi connectivity index (χ1n) is 10.7. The molecule has 2 aromatic rings. The van der Waals surface area contributed by atoms with Gasteiger partial charge in [0.25, 0.3) is 5.91 Å². The number of unbranched alkanes of at least 4 members (excludes halogenated alkanes) is 2. The molecule has 7 heteroatoms. The van der Waals surface area contributed by atoms with Crippen LogP contribution in [0.3, 0.4) is 0 Å². The molecule has 2 aliphatic heterocycles. The van der Waals surface area contributed by atoms with E-state index in [9.17, 15) is 4.79 Å². The summed E-state index contributed by atoms with van der Waals surface area (Å²) in [7, 11) is 0. The van der Waals surface area contributed by atoms with Crippen molar-refractivity contribution in [2.75, 3.05) is 0 Å². The zero-order chi connectivity index (χ0) is 22.0. The third kappa shape index (κ3) is 4.42. The number of amides is 1. The lowest BCUT2D eigenvalue weighted by molar-refractivity contribution is -0.114. The van der Waals surface area contributed by atoms with Gasteiger partial charge in [0.05, 0.1) is 5.57 Å². The summed E-state index contributed by atoms with van der Waals surface area (Å²) in [4.78, 5) is 16.9. The number of carbonyl (C=O) groups is 1. The van der Waals surface area contributed by atoms with E-state index in [1.54, 1.807) is 6.08 Å². The Morgan fingerprint density at radius 2 is 1.94 bits per heavy atom. The summed E-state index contributed by atoms with van der Waals surface area (Å²) >= 11 is 1.40. The molecule has 1 amide bonds. The summed E-state index contributed by atoms with van der Waals surface area (Å²) in [5.74, 6) is -0.275. The first kappa shape index (κ1) is 21.3. The van der Waals surface area contributed by atoms with Crippen molar-refractivity contribution in [2.45, 2.75) is 53.0 Å². The Morgan fingerprint density at radius 1 is 1.16 bits per heavy atom. The first-order chi connectivity index (χ1) is 15.0. The van der Waals surface area contributed by atoms with Gasteiger partial charge in [0.2, 0.25) is 5.17 Å². The first-order valence-corrected chi connectivity index (χ1v) is 11.5. The van der Waals surface area contributed by atoms with Crippen molar-refractivity contribution in [1.82, 2.24) is 9.58 Å². The highest BCUT2D eigenvalue weighted by Crippen LogP contribution is 2.30. The van der Waals surface area contributed by atoms with Crippen LogP contribution in [0, 0.1) is 19.3 Å². The summed E-state index contributed by atoms with van der Waals surface area (Å²) in [6.07, 6.45) is 5.98. The highest BCUT2D eigenvalue weighted by atomic mass is 32.2. The molecule has 0 saturated carbocycles. The standard InChI is InChI=1S/C24H27N5OS/c1-4-5-7-12-21-27-29-22(25)20(23(30)26-24(29)31-21)14-19-13-16(2)28(17(19)3)15-18-10-8-6-9-11-18/h6,8-11,13-14,25H,4-5,7,12,15H2,1-3H3/b20-14+,25-22?. The predicted octanol–water partition coefficient (Wildman–Crippen LogP) is 5.35. The minimum absolute atomic E-state index is 0.0980. The number of nitrogens with zero attached hydrogens (tertiary/aromatic N) is 4. The number of thioether (sulfide) groups is 1. The average Bonchev–Trinajstić information content (AvgIpc) is 3.28. The highest BCUT2D eigenvalue weighted by Gasteiger charge is 2.35. The van der Waals surface area contributed by atoms with Gasteiger partial charge in [0.15, 0.2) is 5.84 Å². The second-order valence-electron chi connectivity index (χ2n) is 7.87. The minimum atomic E-state index is -0.373. The van der Waals surface area contributed by atoms with E-state index in [1.165, 1.54) is 22.3 Å². The van der Waals surface area contributed by atoms with Crippen molar-refractivity contribution in [2.24, 2.45) is 10.1 Å². The molecule has 4 rings (SSSR count). The smallest absolute Gasteiger partial charge is 0.283 e. The number of benzene rings is 1. The molecule has 6 nitrogen and oxygen atoms in total. The zero-order valence-electron chi connectivity index (χ0n) is 18.2. The molecule has 1 aromatic carbocycles. The van der Waals surface area contributed by atoms with Crippen molar-refractivity contribution in [1.29, 1.82) is 5.41 Å². The number of carbonyl (C=O) groups excluding carboxylic acids is 1. The van der Waals surface area contributed by atoms with Gasteiger partial charge in [-0.15, -0.1) is 0 Å². The molecule has 160 valence electrons. The molecule has 1 aromatic heterocycles. The molecule has 0 bridgehead atoms. The Morgan fingerprint density at radius 3 is 2.68 bits per heavy atom. The molecule has 0 atom stereocenters. The van der Waals surface area contributed by atoms with E-state index in [1.807, 2.05) is 25.1 Å². The fourth-order valence-corrected chi connectivity index (χ4v) is 4.72.